The lowest BCUT2D eigenvalue weighted by atomic mass is 10.0. The van der Waals surface area contributed by atoms with Crippen molar-refractivity contribution in [2.24, 2.45) is 0 Å². The van der Waals surface area contributed by atoms with Gasteiger partial charge in [-0.05, 0) is 24.3 Å². The van der Waals surface area contributed by atoms with Crippen LogP contribution in [0.5, 0.6) is 0 Å². The molecule has 0 saturated heterocycles. The van der Waals surface area contributed by atoms with Crippen LogP contribution in [-0.2, 0) is 6.18 Å². The molecule has 6 aromatic rings. The number of para-hydroxylation sites is 1. The molecule has 35 heavy (non-hydrogen) atoms. The molecule has 2 aromatic carbocycles. The fraction of sp³-hybridized carbons (Fsp3) is 0.0455. The largest absolute Gasteiger partial charge is 0.417 e. The number of hydrogen-bond acceptors (Lipinski definition) is 6. The molecule has 5 N–H and O–H groups in total. The van der Waals surface area contributed by atoms with E-state index in [-0.39, 0.29) is 22.7 Å². The zero-order valence-electron chi connectivity index (χ0n) is 17.5. The number of imidazole rings is 1. The molecule has 0 atom stereocenters. The van der Waals surface area contributed by atoms with Crippen molar-refractivity contribution in [1.29, 1.82) is 0 Å². The van der Waals surface area contributed by atoms with Crippen molar-refractivity contribution in [3.8, 4) is 22.8 Å². The molecular formula is C22H14F3N9O. The molecule has 0 radical (unpaired) electrons. The summed E-state index contributed by atoms with van der Waals surface area (Å²) in [5.41, 5.74) is -0.794. The third kappa shape index (κ3) is 3.49. The third-order valence-corrected chi connectivity index (χ3v) is 5.48. The van der Waals surface area contributed by atoms with Gasteiger partial charge in [0, 0.05) is 17.0 Å². The number of rotatable bonds is 4. The number of anilines is 2. The van der Waals surface area contributed by atoms with E-state index in [1.807, 2.05) is 24.3 Å². The second-order valence-electron chi connectivity index (χ2n) is 7.66. The number of aromatic amines is 4. The number of aromatic nitrogens is 8. The van der Waals surface area contributed by atoms with Gasteiger partial charge < -0.3 is 10.3 Å². The fourth-order valence-electron chi connectivity index (χ4n) is 3.96. The first-order valence-corrected chi connectivity index (χ1v) is 10.3. The van der Waals surface area contributed by atoms with Gasteiger partial charge in [-0.25, -0.2) is 15.0 Å². The Labute approximate surface area is 192 Å². The van der Waals surface area contributed by atoms with Crippen LogP contribution in [0.2, 0.25) is 0 Å². The highest BCUT2D eigenvalue weighted by molar-refractivity contribution is 5.92. The number of fused-ring (bicyclic) bond motifs is 2. The van der Waals surface area contributed by atoms with Gasteiger partial charge in [0.1, 0.15) is 5.82 Å². The first-order chi connectivity index (χ1) is 16.9. The molecular weight excluding hydrogens is 463 g/mol. The lowest BCUT2D eigenvalue weighted by Gasteiger charge is -2.14. The van der Waals surface area contributed by atoms with Gasteiger partial charge in [0.15, 0.2) is 11.6 Å². The number of alkyl halides is 3. The van der Waals surface area contributed by atoms with Gasteiger partial charge in [-0.1, -0.05) is 12.1 Å². The molecule has 4 aromatic heterocycles. The lowest BCUT2D eigenvalue weighted by molar-refractivity contribution is -0.135. The third-order valence-electron chi connectivity index (χ3n) is 5.48. The fourth-order valence-corrected chi connectivity index (χ4v) is 3.96. The van der Waals surface area contributed by atoms with Crippen LogP contribution in [0, 0.1) is 0 Å². The van der Waals surface area contributed by atoms with Crippen LogP contribution in [0.15, 0.2) is 59.8 Å². The van der Waals surface area contributed by atoms with Crippen molar-refractivity contribution >= 4 is 33.4 Å². The molecule has 0 bridgehead atoms. The van der Waals surface area contributed by atoms with Crippen molar-refractivity contribution in [2.45, 2.75) is 6.18 Å². The second-order valence-corrected chi connectivity index (χ2v) is 7.66. The van der Waals surface area contributed by atoms with Gasteiger partial charge in [-0.15, -0.1) is 0 Å². The minimum Gasteiger partial charge on any atom is -0.343 e. The van der Waals surface area contributed by atoms with Crippen LogP contribution in [0.3, 0.4) is 0 Å². The molecule has 0 spiro atoms. The smallest absolute Gasteiger partial charge is 0.343 e. The van der Waals surface area contributed by atoms with Crippen LogP contribution in [0.1, 0.15) is 5.56 Å². The molecule has 13 heteroatoms. The van der Waals surface area contributed by atoms with Gasteiger partial charge in [0.25, 0.3) is 5.56 Å². The summed E-state index contributed by atoms with van der Waals surface area (Å²) in [5.74, 6) is 0.414. The quantitative estimate of drug-likeness (QED) is 0.256. The summed E-state index contributed by atoms with van der Waals surface area (Å²) in [4.78, 5) is 27.8. The van der Waals surface area contributed by atoms with E-state index in [0.717, 1.165) is 10.9 Å². The van der Waals surface area contributed by atoms with E-state index >= 15 is 0 Å². The van der Waals surface area contributed by atoms with Crippen molar-refractivity contribution in [2.75, 3.05) is 5.32 Å². The Morgan fingerprint density at radius 2 is 1.83 bits per heavy atom. The number of hydrogen-bond donors (Lipinski definition) is 5. The summed E-state index contributed by atoms with van der Waals surface area (Å²) in [6.07, 6.45) is -1.92. The van der Waals surface area contributed by atoms with Crippen LogP contribution in [0.25, 0.3) is 44.6 Å². The van der Waals surface area contributed by atoms with Crippen molar-refractivity contribution in [1.82, 2.24) is 40.3 Å². The van der Waals surface area contributed by atoms with Crippen LogP contribution < -0.4 is 10.9 Å². The Morgan fingerprint density at radius 1 is 0.971 bits per heavy atom. The normalized spacial score (nSPS) is 12.0. The summed E-state index contributed by atoms with van der Waals surface area (Å²) < 4.78 is 42.6. The average Bonchev–Trinajstić information content (AvgIpc) is 3.59. The first kappa shape index (κ1) is 20.7. The standard InChI is InChI=1S/C22H14F3N9O/c23-22(24,25)18-11(5-6-13-17(18)21(35)34-32-13)19-28-14(15-8-26-9-27-15)7-16(29-19)30-20-10-3-1-2-4-12(10)31-33-20/h1-9H,(H,26,27)(H2,32,34,35)(H2,28,29,30,31,33). The number of H-pyrrole nitrogens is 4. The van der Waals surface area contributed by atoms with Gasteiger partial charge in [-0.3, -0.25) is 20.1 Å². The maximum Gasteiger partial charge on any atom is 0.417 e. The zero-order valence-corrected chi connectivity index (χ0v) is 17.5. The van der Waals surface area contributed by atoms with E-state index in [4.69, 9.17) is 0 Å². The minimum atomic E-state index is -4.84. The van der Waals surface area contributed by atoms with Crippen molar-refractivity contribution < 1.29 is 13.2 Å². The maximum absolute atomic E-state index is 14.2. The van der Waals surface area contributed by atoms with Crippen molar-refractivity contribution in [3.63, 3.8) is 0 Å². The van der Waals surface area contributed by atoms with E-state index in [1.165, 1.54) is 24.7 Å². The predicted octanol–water partition coefficient (Wildman–Crippen LogP) is 4.34. The highest BCUT2D eigenvalue weighted by Crippen LogP contribution is 2.40. The van der Waals surface area contributed by atoms with Gasteiger partial charge >= 0.3 is 6.18 Å². The number of halogens is 3. The number of nitrogens with zero attached hydrogens (tertiary/aromatic N) is 4. The monoisotopic (exact) mass is 477 g/mol. The lowest BCUT2D eigenvalue weighted by Crippen LogP contribution is -2.13. The zero-order chi connectivity index (χ0) is 24.2. The highest BCUT2D eigenvalue weighted by atomic mass is 19.4. The van der Waals surface area contributed by atoms with Crippen LogP contribution >= 0.6 is 0 Å². The molecule has 4 heterocycles. The molecule has 6 rings (SSSR count). The van der Waals surface area contributed by atoms with Crippen LogP contribution in [0.4, 0.5) is 24.8 Å². The Hall–Kier alpha value is -4.94. The molecule has 0 aliphatic carbocycles. The summed E-state index contributed by atoms with van der Waals surface area (Å²) in [5, 5.41) is 15.1. The predicted molar refractivity (Wildman–Crippen MR) is 122 cm³/mol. The van der Waals surface area contributed by atoms with Gasteiger partial charge in [-0.2, -0.15) is 18.3 Å². The number of nitrogens with one attached hydrogen (secondary N) is 5. The maximum atomic E-state index is 14.2. The van der Waals surface area contributed by atoms with Crippen molar-refractivity contribution in [3.05, 3.63) is 70.9 Å². The minimum absolute atomic E-state index is 0.0251. The molecule has 0 saturated carbocycles. The second kappa shape index (κ2) is 7.55. The average molecular weight is 477 g/mol. The van der Waals surface area contributed by atoms with Gasteiger partial charge in [0.2, 0.25) is 0 Å². The van der Waals surface area contributed by atoms with E-state index < -0.39 is 22.7 Å². The Kier molecular flexibility index (Phi) is 4.45. The Morgan fingerprint density at radius 3 is 2.63 bits per heavy atom. The van der Waals surface area contributed by atoms with E-state index in [0.29, 0.717) is 17.2 Å². The molecule has 174 valence electrons. The molecule has 0 unspecified atom stereocenters. The summed E-state index contributed by atoms with van der Waals surface area (Å²) in [6, 6.07) is 11.5. The Balaban J connectivity index is 1.58. The molecule has 10 nitrogen and oxygen atoms in total. The summed E-state index contributed by atoms with van der Waals surface area (Å²) in [6.45, 7) is 0. The van der Waals surface area contributed by atoms with E-state index in [2.05, 4.69) is 45.6 Å². The molecule has 0 aliphatic rings. The molecule has 0 fully saturated rings. The summed E-state index contributed by atoms with van der Waals surface area (Å²) >= 11 is 0. The molecule has 0 aliphatic heterocycles. The van der Waals surface area contributed by atoms with E-state index in [9.17, 15) is 18.0 Å². The van der Waals surface area contributed by atoms with Crippen LogP contribution in [-0.4, -0.2) is 40.3 Å². The number of benzene rings is 2. The highest BCUT2D eigenvalue weighted by Gasteiger charge is 2.38. The Bertz CT molecular complexity index is 1750. The first-order valence-electron chi connectivity index (χ1n) is 10.3. The molecule has 0 amide bonds. The van der Waals surface area contributed by atoms with Gasteiger partial charge in [0.05, 0.1) is 45.9 Å². The SMILES string of the molecule is O=c1[nH][nH]c2ccc(-c3nc(Nc4n[nH]c5ccccc45)cc(-c4cnc[nH]4)n3)c(C(F)(F)F)c12. The summed E-state index contributed by atoms with van der Waals surface area (Å²) in [7, 11) is 0. The topological polar surface area (TPSA) is 144 Å². The van der Waals surface area contributed by atoms with E-state index in [1.54, 1.807) is 6.07 Å².